The molecule has 2 aliphatic rings. The van der Waals surface area contributed by atoms with E-state index < -0.39 is 24.0 Å². The fraction of sp³-hybridized carbons (Fsp3) is 0.500. The Hall–Kier alpha value is -4.19. The highest BCUT2D eigenvalue weighted by atomic mass is 16.5. The molecule has 4 N–H and O–H groups in total. The van der Waals surface area contributed by atoms with Crippen LogP contribution in [0.3, 0.4) is 0 Å². The first kappa shape index (κ1) is 32.3. The van der Waals surface area contributed by atoms with E-state index in [-0.39, 0.29) is 13.5 Å². The number of anilines is 1. The average Bonchev–Trinajstić information content (AvgIpc) is 3.76. The van der Waals surface area contributed by atoms with Crippen molar-refractivity contribution < 1.29 is 23.9 Å². The molecule has 2 aromatic heterocycles. The van der Waals surface area contributed by atoms with Gasteiger partial charge in [-0.05, 0) is 71.9 Å². The molecule has 0 bridgehead atoms. The van der Waals surface area contributed by atoms with Crippen LogP contribution in [0.15, 0.2) is 30.9 Å². The molecule has 2 aliphatic carbocycles. The SMILES string of the molecule is C.COC(=O)C(Cc1cnn(C)c1)NC(=O)Nc1c2c(cc3c1CCC3)CCC2.COC(=O)C(N)Cc1cnn(C)c1. The third-order valence-electron chi connectivity index (χ3n) is 7.42. The number of hydrogen-bond donors (Lipinski definition) is 3. The maximum atomic E-state index is 12.8. The van der Waals surface area contributed by atoms with Gasteiger partial charge in [0.1, 0.15) is 12.1 Å². The smallest absolute Gasteiger partial charge is 0.328 e. The molecular formula is C30H43N7O5. The number of esters is 2. The maximum absolute atomic E-state index is 12.8. The Labute approximate surface area is 246 Å². The number of hydrogen-bond acceptors (Lipinski definition) is 8. The van der Waals surface area contributed by atoms with Gasteiger partial charge in [0.2, 0.25) is 0 Å². The van der Waals surface area contributed by atoms with E-state index in [0.717, 1.165) is 55.3 Å². The highest BCUT2D eigenvalue weighted by molar-refractivity contribution is 5.94. The summed E-state index contributed by atoms with van der Waals surface area (Å²) in [5, 5.41) is 13.9. The molecule has 5 rings (SSSR count). The molecule has 2 atom stereocenters. The molecule has 0 radical (unpaired) electrons. The minimum absolute atomic E-state index is 0. The van der Waals surface area contributed by atoms with Crippen molar-refractivity contribution in [2.45, 2.75) is 70.9 Å². The van der Waals surface area contributed by atoms with Crippen LogP contribution in [-0.4, -0.2) is 63.8 Å². The number of ether oxygens (including phenoxy) is 2. The molecule has 12 heteroatoms. The third-order valence-corrected chi connectivity index (χ3v) is 7.42. The Morgan fingerprint density at radius 1 is 0.881 bits per heavy atom. The summed E-state index contributed by atoms with van der Waals surface area (Å²) in [5.74, 6) is -0.869. The fourth-order valence-corrected chi connectivity index (χ4v) is 5.49. The van der Waals surface area contributed by atoms with Crippen LogP contribution < -0.4 is 16.4 Å². The number of nitrogens with one attached hydrogen (secondary N) is 2. The molecule has 2 amide bonds. The zero-order valence-corrected chi connectivity index (χ0v) is 24.1. The van der Waals surface area contributed by atoms with E-state index in [0.29, 0.717) is 12.8 Å². The minimum Gasteiger partial charge on any atom is -0.468 e. The van der Waals surface area contributed by atoms with Crippen molar-refractivity contribution in [3.63, 3.8) is 0 Å². The van der Waals surface area contributed by atoms with Gasteiger partial charge in [0.05, 0.1) is 26.6 Å². The first-order valence-electron chi connectivity index (χ1n) is 13.8. The van der Waals surface area contributed by atoms with Crippen molar-refractivity contribution in [2.24, 2.45) is 19.8 Å². The first-order valence-corrected chi connectivity index (χ1v) is 13.8. The van der Waals surface area contributed by atoms with Crippen molar-refractivity contribution in [1.82, 2.24) is 24.9 Å². The highest BCUT2D eigenvalue weighted by Crippen LogP contribution is 2.38. The molecule has 2 heterocycles. The van der Waals surface area contributed by atoms with Gasteiger partial charge in [-0.1, -0.05) is 13.5 Å². The summed E-state index contributed by atoms with van der Waals surface area (Å²) in [6.45, 7) is 0. The molecule has 0 spiro atoms. The van der Waals surface area contributed by atoms with Crippen molar-refractivity contribution >= 4 is 23.7 Å². The number of carbonyl (C=O) groups is 3. The maximum Gasteiger partial charge on any atom is 0.328 e. The van der Waals surface area contributed by atoms with E-state index in [1.54, 1.807) is 21.8 Å². The van der Waals surface area contributed by atoms with Crippen LogP contribution in [0.2, 0.25) is 0 Å². The summed E-state index contributed by atoms with van der Waals surface area (Å²) >= 11 is 0. The summed E-state index contributed by atoms with van der Waals surface area (Å²) < 4.78 is 12.7. The van der Waals surface area contributed by atoms with Gasteiger partial charge in [0, 0.05) is 45.0 Å². The van der Waals surface area contributed by atoms with Crippen molar-refractivity contribution in [3.8, 4) is 0 Å². The lowest BCUT2D eigenvalue weighted by molar-refractivity contribution is -0.143. The van der Waals surface area contributed by atoms with Gasteiger partial charge in [0.15, 0.2) is 0 Å². The van der Waals surface area contributed by atoms with E-state index in [1.165, 1.54) is 36.5 Å². The Morgan fingerprint density at radius 2 is 1.40 bits per heavy atom. The predicted octanol–water partition coefficient (Wildman–Crippen LogP) is 2.40. The quantitative estimate of drug-likeness (QED) is 0.343. The monoisotopic (exact) mass is 581 g/mol. The molecule has 228 valence electrons. The first-order chi connectivity index (χ1) is 19.7. The topological polar surface area (TPSA) is 155 Å². The lowest BCUT2D eigenvalue weighted by Crippen LogP contribution is -2.45. The van der Waals surface area contributed by atoms with Crippen LogP contribution in [0, 0.1) is 0 Å². The van der Waals surface area contributed by atoms with Crippen molar-refractivity contribution in [2.75, 3.05) is 19.5 Å². The number of nitrogens with zero attached hydrogens (tertiary/aromatic N) is 4. The number of benzene rings is 1. The molecule has 0 fully saturated rings. The molecule has 3 aromatic rings. The van der Waals surface area contributed by atoms with Gasteiger partial charge in [0.25, 0.3) is 0 Å². The zero-order valence-electron chi connectivity index (χ0n) is 24.1. The second kappa shape index (κ2) is 14.6. The molecule has 1 aromatic carbocycles. The van der Waals surface area contributed by atoms with Crippen LogP contribution in [0.5, 0.6) is 0 Å². The van der Waals surface area contributed by atoms with Gasteiger partial charge >= 0.3 is 18.0 Å². The number of methoxy groups -OCH3 is 2. The summed E-state index contributed by atoms with van der Waals surface area (Å²) in [5.41, 5.74) is 13.6. The Bertz CT molecular complexity index is 1360. The number of nitrogens with two attached hydrogens (primary N) is 1. The largest absolute Gasteiger partial charge is 0.468 e. The lowest BCUT2D eigenvalue weighted by atomic mass is 9.99. The van der Waals surface area contributed by atoms with Crippen LogP contribution in [0.25, 0.3) is 0 Å². The fourth-order valence-electron chi connectivity index (χ4n) is 5.49. The van der Waals surface area contributed by atoms with Crippen molar-refractivity contribution in [3.05, 3.63) is 64.2 Å². The van der Waals surface area contributed by atoms with Gasteiger partial charge in [-0.3, -0.25) is 14.2 Å². The Morgan fingerprint density at radius 3 is 1.88 bits per heavy atom. The summed E-state index contributed by atoms with van der Waals surface area (Å²) in [6.07, 6.45) is 14.2. The number of urea groups is 1. The molecule has 0 saturated carbocycles. The van der Waals surface area contributed by atoms with Gasteiger partial charge < -0.3 is 25.8 Å². The standard InChI is InChI=1S/C21H26N4O3.C8H13N3O2.CH4/c1-25-12-13(11-22-25)9-18(20(26)28-2)23-21(27)24-19-16-7-3-5-14(16)10-15-6-4-8-17(15)19;1-11-5-6(4-10-11)3-7(9)8(12)13-2;/h10-12,18H,3-9H2,1-2H3,(H2,23,24,27);4-5,7H,3,9H2,1-2H3;1H4. The number of amides is 2. The number of aromatic nitrogens is 4. The molecule has 42 heavy (non-hydrogen) atoms. The van der Waals surface area contributed by atoms with E-state index in [9.17, 15) is 14.4 Å². The summed E-state index contributed by atoms with van der Waals surface area (Å²) in [6, 6.07) is 0.592. The number of fused-ring (bicyclic) bond motifs is 2. The Balaban J connectivity index is 0.000000293. The van der Waals surface area contributed by atoms with E-state index in [1.807, 2.05) is 26.5 Å². The average molecular weight is 582 g/mol. The van der Waals surface area contributed by atoms with E-state index >= 15 is 0 Å². The van der Waals surface area contributed by atoms with Crippen LogP contribution in [0.1, 0.15) is 53.6 Å². The van der Waals surface area contributed by atoms with Gasteiger partial charge in [-0.2, -0.15) is 10.2 Å². The second-order valence-electron chi connectivity index (χ2n) is 10.5. The molecule has 0 aliphatic heterocycles. The summed E-state index contributed by atoms with van der Waals surface area (Å²) in [7, 11) is 6.28. The van der Waals surface area contributed by atoms with Crippen LogP contribution in [0.4, 0.5) is 10.5 Å². The van der Waals surface area contributed by atoms with E-state index in [4.69, 9.17) is 10.5 Å². The normalized spacial score (nSPS) is 14.3. The zero-order chi connectivity index (χ0) is 29.5. The Kier molecular flexibility index (Phi) is 11.3. The van der Waals surface area contributed by atoms with E-state index in [2.05, 4.69) is 31.6 Å². The second-order valence-corrected chi connectivity index (χ2v) is 10.5. The molecule has 12 nitrogen and oxygen atoms in total. The van der Waals surface area contributed by atoms with Gasteiger partial charge in [-0.15, -0.1) is 0 Å². The van der Waals surface area contributed by atoms with Crippen LogP contribution >= 0.6 is 0 Å². The molecule has 0 saturated heterocycles. The highest BCUT2D eigenvalue weighted by Gasteiger charge is 2.27. The number of aryl methyl sites for hydroxylation is 4. The lowest BCUT2D eigenvalue weighted by Gasteiger charge is -2.19. The molecular weight excluding hydrogens is 538 g/mol. The minimum atomic E-state index is -0.765. The van der Waals surface area contributed by atoms with Crippen molar-refractivity contribution in [1.29, 1.82) is 0 Å². The number of carbonyl (C=O) groups excluding carboxylic acids is 3. The van der Waals surface area contributed by atoms with Crippen LogP contribution in [-0.2, 0) is 71.7 Å². The predicted molar refractivity (Wildman–Crippen MR) is 159 cm³/mol. The third kappa shape index (κ3) is 7.96. The van der Waals surface area contributed by atoms with Gasteiger partial charge in [-0.25, -0.2) is 9.59 Å². The number of rotatable bonds is 8. The molecule has 2 unspecified atom stereocenters. The summed E-state index contributed by atoms with van der Waals surface area (Å²) in [4.78, 5) is 35.9.